The van der Waals surface area contributed by atoms with E-state index >= 15 is 0 Å². The molecule has 0 fully saturated rings. The van der Waals surface area contributed by atoms with Crippen LogP contribution in [0.5, 0.6) is 11.5 Å². The van der Waals surface area contributed by atoms with Crippen LogP contribution in [0.1, 0.15) is 16.0 Å². The Morgan fingerprint density at radius 2 is 1.73 bits per heavy atom. The van der Waals surface area contributed by atoms with Gasteiger partial charge in [-0.2, -0.15) is 0 Å². The van der Waals surface area contributed by atoms with Crippen molar-refractivity contribution in [3.05, 3.63) is 81.0 Å². The first-order chi connectivity index (χ1) is 12.2. The molecule has 0 unspecified atom stereocenters. The Labute approximate surface area is 169 Å². The monoisotopic (exact) mass is 409 g/mol. The predicted molar refractivity (Wildman–Crippen MR) is 111 cm³/mol. The molecule has 2 aromatic carbocycles. The second-order valence-corrected chi connectivity index (χ2v) is 7.05. The Morgan fingerprint density at radius 1 is 0.962 bits per heavy atom. The van der Waals surface area contributed by atoms with Crippen LogP contribution in [0.3, 0.4) is 0 Å². The fourth-order valence-electron chi connectivity index (χ4n) is 2.43. The summed E-state index contributed by atoms with van der Waals surface area (Å²) in [4.78, 5) is 1.33. The molecule has 1 N–H and O–H groups in total. The van der Waals surface area contributed by atoms with Gasteiger partial charge in [-0.3, -0.25) is 0 Å². The molecule has 1 aromatic heterocycles. The summed E-state index contributed by atoms with van der Waals surface area (Å²) in [6, 6.07) is 17.9. The van der Waals surface area contributed by atoms with Gasteiger partial charge < -0.3 is 14.8 Å². The molecule has 6 heteroatoms. The van der Waals surface area contributed by atoms with E-state index in [1.807, 2.05) is 36.4 Å². The number of thiophene rings is 1. The van der Waals surface area contributed by atoms with Gasteiger partial charge >= 0.3 is 0 Å². The number of hydrogen-bond acceptors (Lipinski definition) is 4. The Kier molecular flexibility index (Phi) is 8.26. The van der Waals surface area contributed by atoms with Gasteiger partial charge in [0.05, 0.1) is 7.11 Å². The van der Waals surface area contributed by atoms with Crippen LogP contribution >= 0.6 is 35.3 Å². The lowest BCUT2D eigenvalue weighted by atomic mass is 10.2. The summed E-state index contributed by atoms with van der Waals surface area (Å²) < 4.78 is 11.4. The van der Waals surface area contributed by atoms with Crippen LogP contribution in [-0.4, -0.2) is 7.11 Å². The van der Waals surface area contributed by atoms with Crippen LogP contribution in [0.15, 0.2) is 60.0 Å². The van der Waals surface area contributed by atoms with Gasteiger partial charge in [0.1, 0.15) is 6.61 Å². The van der Waals surface area contributed by atoms with Crippen molar-refractivity contribution in [2.75, 3.05) is 7.11 Å². The SMILES string of the molecule is COc1cc(CNCc2cccs2)ccc1OCc1ccc(Cl)cc1.Cl. The zero-order valence-corrected chi connectivity index (χ0v) is 16.8. The number of methoxy groups -OCH3 is 1. The van der Waals surface area contributed by atoms with E-state index in [0.717, 1.165) is 40.7 Å². The zero-order valence-electron chi connectivity index (χ0n) is 14.4. The molecule has 0 aliphatic heterocycles. The minimum absolute atomic E-state index is 0. The summed E-state index contributed by atoms with van der Waals surface area (Å²) in [6.45, 7) is 2.13. The Morgan fingerprint density at radius 3 is 2.42 bits per heavy atom. The molecule has 26 heavy (non-hydrogen) atoms. The highest BCUT2D eigenvalue weighted by molar-refractivity contribution is 7.09. The molecule has 0 saturated carbocycles. The second kappa shape index (κ2) is 10.4. The van der Waals surface area contributed by atoms with E-state index in [1.165, 1.54) is 4.88 Å². The Bertz CT molecular complexity index is 792. The molecule has 138 valence electrons. The fraction of sp³-hybridized carbons (Fsp3) is 0.200. The van der Waals surface area contributed by atoms with Gasteiger partial charge in [-0.15, -0.1) is 23.7 Å². The van der Waals surface area contributed by atoms with Crippen LogP contribution < -0.4 is 14.8 Å². The van der Waals surface area contributed by atoms with Crippen LogP contribution in [0, 0.1) is 0 Å². The molecule has 0 bridgehead atoms. The molecule has 0 aliphatic carbocycles. The molecular weight excluding hydrogens is 389 g/mol. The van der Waals surface area contributed by atoms with Crippen molar-refractivity contribution in [3.63, 3.8) is 0 Å². The van der Waals surface area contributed by atoms with E-state index in [0.29, 0.717) is 6.61 Å². The number of halogens is 2. The lowest BCUT2D eigenvalue weighted by molar-refractivity contribution is 0.284. The first kappa shape index (κ1) is 20.6. The van der Waals surface area contributed by atoms with Crippen LogP contribution in [0.2, 0.25) is 5.02 Å². The van der Waals surface area contributed by atoms with Crippen LogP contribution in [0.25, 0.3) is 0 Å². The largest absolute Gasteiger partial charge is 0.493 e. The maximum Gasteiger partial charge on any atom is 0.161 e. The highest BCUT2D eigenvalue weighted by Gasteiger charge is 2.06. The third-order valence-electron chi connectivity index (χ3n) is 3.74. The van der Waals surface area contributed by atoms with Crippen molar-refractivity contribution in [2.24, 2.45) is 0 Å². The topological polar surface area (TPSA) is 30.5 Å². The van der Waals surface area contributed by atoms with Gasteiger partial charge in [0.15, 0.2) is 11.5 Å². The summed E-state index contributed by atoms with van der Waals surface area (Å²) in [5.74, 6) is 1.48. The smallest absolute Gasteiger partial charge is 0.161 e. The third kappa shape index (κ3) is 5.92. The van der Waals surface area contributed by atoms with Crippen LogP contribution in [0.4, 0.5) is 0 Å². The van der Waals surface area contributed by atoms with Gasteiger partial charge in [0.2, 0.25) is 0 Å². The quantitative estimate of drug-likeness (QED) is 0.517. The van der Waals surface area contributed by atoms with Crippen molar-refractivity contribution in [1.82, 2.24) is 5.32 Å². The standard InChI is InChI=1S/C20H20ClNO2S.ClH/c1-23-20-11-16(12-22-13-18-3-2-10-25-18)6-9-19(20)24-14-15-4-7-17(21)8-5-15;/h2-11,22H,12-14H2,1H3;1H. The molecule has 3 rings (SSSR count). The molecule has 0 radical (unpaired) electrons. The van der Waals surface area contributed by atoms with Crippen molar-refractivity contribution in [3.8, 4) is 11.5 Å². The lowest BCUT2D eigenvalue weighted by Gasteiger charge is -2.13. The van der Waals surface area contributed by atoms with Gasteiger partial charge in [0, 0.05) is 23.0 Å². The highest BCUT2D eigenvalue weighted by Crippen LogP contribution is 2.29. The van der Waals surface area contributed by atoms with Gasteiger partial charge in [0.25, 0.3) is 0 Å². The van der Waals surface area contributed by atoms with Crippen molar-refractivity contribution >= 4 is 35.3 Å². The summed E-state index contributed by atoms with van der Waals surface area (Å²) in [5, 5.41) is 6.25. The minimum atomic E-state index is 0. The average Bonchev–Trinajstić information content (AvgIpc) is 3.15. The first-order valence-corrected chi connectivity index (χ1v) is 9.27. The molecule has 3 aromatic rings. The third-order valence-corrected chi connectivity index (χ3v) is 4.87. The van der Waals surface area contributed by atoms with Gasteiger partial charge in [-0.1, -0.05) is 35.9 Å². The van der Waals surface area contributed by atoms with Crippen molar-refractivity contribution in [1.29, 1.82) is 0 Å². The molecule has 0 atom stereocenters. The summed E-state index contributed by atoms with van der Waals surface area (Å²) >= 11 is 7.66. The molecule has 0 saturated heterocycles. The van der Waals surface area contributed by atoms with E-state index in [4.69, 9.17) is 21.1 Å². The summed E-state index contributed by atoms with van der Waals surface area (Å²) in [7, 11) is 1.66. The van der Waals surface area contributed by atoms with Crippen LogP contribution in [-0.2, 0) is 19.7 Å². The van der Waals surface area contributed by atoms with E-state index < -0.39 is 0 Å². The molecule has 0 spiro atoms. The number of nitrogens with one attached hydrogen (secondary N) is 1. The van der Waals surface area contributed by atoms with E-state index in [9.17, 15) is 0 Å². The molecule has 0 aliphatic rings. The number of hydrogen-bond donors (Lipinski definition) is 1. The maximum absolute atomic E-state index is 5.90. The molecule has 0 amide bonds. The molecule has 1 heterocycles. The number of ether oxygens (including phenoxy) is 2. The minimum Gasteiger partial charge on any atom is -0.493 e. The zero-order chi connectivity index (χ0) is 17.5. The average molecular weight is 410 g/mol. The summed E-state index contributed by atoms with van der Waals surface area (Å²) in [6.07, 6.45) is 0. The molecule has 3 nitrogen and oxygen atoms in total. The van der Waals surface area contributed by atoms with E-state index in [1.54, 1.807) is 18.4 Å². The Balaban J connectivity index is 0.00000243. The number of benzene rings is 2. The summed E-state index contributed by atoms with van der Waals surface area (Å²) in [5.41, 5.74) is 2.22. The Hall–Kier alpha value is -1.72. The van der Waals surface area contributed by atoms with Gasteiger partial charge in [-0.25, -0.2) is 0 Å². The second-order valence-electron chi connectivity index (χ2n) is 5.58. The first-order valence-electron chi connectivity index (χ1n) is 8.02. The fourth-order valence-corrected chi connectivity index (χ4v) is 3.23. The maximum atomic E-state index is 5.90. The normalized spacial score (nSPS) is 10.2. The molecular formula is C20H21Cl2NO2S. The van der Waals surface area contributed by atoms with E-state index in [-0.39, 0.29) is 12.4 Å². The van der Waals surface area contributed by atoms with E-state index in [2.05, 4.69) is 28.9 Å². The lowest BCUT2D eigenvalue weighted by Crippen LogP contribution is -2.11. The van der Waals surface area contributed by atoms with Gasteiger partial charge in [-0.05, 0) is 46.8 Å². The van der Waals surface area contributed by atoms with Crippen molar-refractivity contribution in [2.45, 2.75) is 19.7 Å². The van der Waals surface area contributed by atoms with Crippen molar-refractivity contribution < 1.29 is 9.47 Å². The highest BCUT2D eigenvalue weighted by atomic mass is 35.5. The number of rotatable bonds is 8. The predicted octanol–water partition coefficient (Wildman–Crippen LogP) is 5.70.